The molecule has 1 atom stereocenters. The van der Waals surface area contributed by atoms with Crippen LogP contribution in [0.4, 0.5) is 4.79 Å². The summed E-state index contributed by atoms with van der Waals surface area (Å²) in [5.74, 6) is 0.666. The van der Waals surface area contributed by atoms with E-state index in [1.165, 1.54) is 4.90 Å². The van der Waals surface area contributed by atoms with E-state index in [9.17, 15) is 4.79 Å². The van der Waals surface area contributed by atoms with Gasteiger partial charge in [0.05, 0.1) is 19.2 Å². The van der Waals surface area contributed by atoms with Crippen molar-refractivity contribution in [3.05, 3.63) is 29.3 Å². The molecule has 1 unspecified atom stereocenters. The molecule has 1 aromatic rings. The summed E-state index contributed by atoms with van der Waals surface area (Å²) in [7, 11) is 1.63. The number of likely N-dealkylation sites (N-methyl/N-ethyl adjacent to an activating group) is 1. The van der Waals surface area contributed by atoms with Crippen LogP contribution in [0.15, 0.2) is 24.3 Å². The molecular weight excluding hydrogens is 268 g/mol. The third-order valence-electron chi connectivity index (χ3n) is 2.69. The minimum atomic E-state index is -0.240. The maximum Gasteiger partial charge on any atom is 0.317 e. The van der Waals surface area contributed by atoms with E-state index >= 15 is 0 Å². The van der Waals surface area contributed by atoms with E-state index in [1.807, 2.05) is 0 Å². The molecule has 0 radical (unpaired) electrons. The number of hydrogen-bond donors (Lipinski definition) is 2. The average molecular weight is 287 g/mol. The standard InChI is InChI=1S/C13H19ClN2O3/c1-10(9-17)16(2)13(18)15-6-7-19-12-5-3-4-11(14)8-12/h3-5,8,10,17H,6-7,9H2,1-2H3,(H,15,18). The Labute approximate surface area is 118 Å². The molecule has 2 amide bonds. The predicted octanol–water partition coefficient (Wildman–Crippen LogP) is 1.74. The number of ether oxygens (including phenoxy) is 1. The number of aliphatic hydroxyl groups excluding tert-OH is 1. The van der Waals surface area contributed by atoms with Crippen LogP contribution < -0.4 is 10.1 Å². The first-order chi connectivity index (χ1) is 9.04. The van der Waals surface area contributed by atoms with Crippen molar-refractivity contribution in [3.8, 4) is 5.75 Å². The highest BCUT2D eigenvalue weighted by Crippen LogP contribution is 2.16. The van der Waals surface area contributed by atoms with Gasteiger partial charge in [0.25, 0.3) is 0 Å². The largest absolute Gasteiger partial charge is 0.492 e. The number of carbonyl (C=O) groups excluding carboxylic acids is 1. The van der Waals surface area contributed by atoms with E-state index in [2.05, 4.69) is 5.32 Å². The van der Waals surface area contributed by atoms with Crippen LogP contribution in [0.2, 0.25) is 5.02 Å². The van der Waals surface area contributed by atoms with Crippen LogP contribution in [0.1, 0.15) is 6.92 Å². The van der Waals surface area contributed by atoms with Gasteiger partial charge >= 0.3 is 6.03 Å². The summed E-state index contributed by atoms with van der Waals surface area (Å²) in [5, 5.41) is 12.3. The fourth-order valence-electron chi connectivity index (χ4n) is 1.33. The van der Waals surface area contributed by atoms with Gasteiger partial charge in [-0.15, -0.1) is 0 Å². The van der Waals surface area contributed by atoms with Gasteiger partial charge in [-0.3, -0.25) is 0 Å². The van der Waals surface area contributed by atoms with Crippen LogP contribution in [0.25, 0.3) is 0 Å². The van der Waals surface area contributed by atoms with Gasteiger partial charge in [-0.2, -0.15) is 0 Å². The van der Waals surface area contributed by atoms with E-state index in [-0.39, 0.29) is 18.7 Å². The molecule has 0 spiro atoms. The van der Waals surface area contributed by atoms with Crippen molar-refractivity contribution >= 4 is 17.6 Å². The second-order valence-electron chi connectivity index (χ2n) is 4.18. The number of halogens is 1. The van der Waals surface area contributed by atoms with E-state index in [4.69, 9.17) is 21.4 Å². The smallest absolute Gasteiger partial charge is 0.317 e. The molecule has 1 aromatic carbocycles. The average Bonchev–Trinajstić information content (AvgIpc) is 2.41. The molecule has 6 heteroatoms. The third-order valence-corrected chi connectivity index (χ3v) is 2.92. The normalized spacial score (nSPS) is 11.8. The highest BCUT2D eigenvalue weighted by molar-refractivity contribution is 6.30. The van der Waals surface area contributed by atoms with Crippen molar-refractivity contribution in [1.29, 1.82) is 0 Å². The Balaban J connectivity index is 2.26. The molecule has 2 N–H and O–H groups in total. The number of urea groups is 1. The molecule has 0 aliphatic heterocycles. The van der Waals surface area contributed by atoms with Crippen LogP contribution in [0.5, 0.6) is 5.75 Å². The Hall–Kier alpha value is -1.46. The van der Waals surface area contributed by atoms with Crippen LogP contribution in [-0.2, 0) is 0 Å². The van der Waals surface area contributed by atoms with Gasteiger partial charge in [0.15, 0.2) is 0 Å². The zero-order valence-corrected chi connectivity index (χ0v) is 11.9. The zero-order valence-electron chi connectivity index (χ0n) is 11.1. The SMILES string of the molecule is CC(CO)N(C)C(=O)NCCOc1cccc(Cl)c1. The minimum absolute atomic E-state index is 0.0665. The molecule has 0 aliphatic rings. The van der Waals surface area contributed by atoms with Gasteiger partial charge < -0.3 is 20.1 Å². The van der Waals surface area contributed by atoms with Gasteiger partial charge in [-0.25, -0.2) is 4.79 Å². The van der Waals surface area contributed by atoms with Gasteiger partial charge in [-0.1, -0.05) is 17.7 Å². The molecule has 0 saturated carbocycles. The molecule has 0 fully saturated rings. The third kappa shape index (κ3) is 5.36. The fourth-order valence-corrected chi connectivity index (χ4v) is 1.51. The van der Waals surface area contributed by atoms with Gasteiger partial charge in [0.2, 0.25) is 0 Å². The fraction of sp³-hybridized carbons (Fsp3) is 0.462. The molecular formula is C13H19ClN2O3. The molecule has 0 aromatic heterocycles. The number of rotatable bonds is 6. The quantitative estimate of drug-likeness (QED) is 0.783. The maximum absolute atomic E-state index is 11.6. The minimum Gasteiger partial charge on any atom is -0.492 e. The molecule has 0 aliphatic carbocycles. The number of carbonyl (C=O) groups is 1. The van der Waals surface area contributed by atoms with Crippen molar-refractivity contribution in [3.63, 3.8) is 0 Å². The number of nitrogens with one attached hydrogen (secondary N) is 1. The monoisotopic (exact) mass is 286 g/mol. The summed E-state index contributed by atoms with van der Waals surface area (Å²) in [6.45, 7) is 2.44. The van der Waals surface area contributed by atoms with E-state index < -0.39 is 0 Å². The molecule has 19 heavy (non-hydrogen) atoms. The summed E-state index contributed by atoms with van der Waals surface area (Å²) in [4.78, 5) is 13.1. The number of aliphatic hydroxyl groups is 1. The Morgan fingerprint density at radius 3 is 2.95 bits per heavy atom. The molecule has 5 nitrogen and oxygen atoms in total. The van der Waals surface area contributed by atoms with Crippen LogP contribution in [-0.4, -0.2) is 48.9 Å². The Bertz CT molecular complexity index is 415. The van der Waals surface area contributed by atoms with Crippen molar-refractivity contribution in [2.24, 2.45) is 0 Å². The number of benzene rings is 1. The first-order valence-electron chi connectivity index (χ1n) is 6.04. The zero-order chi connectivity index (χ0) is 14.3. The maximum atomic E-state index is 11.6. The lowest BCUT2D eigenvalue weighted by Crippen LogP contribution is -2.44. The summed E-state index contributed by atoms with van der Waals surface area (Å²) in [6, 6.07) is 6.62. The van der Waals surface area contributed by atoms with Crippen molar-refractivity contribution < 1.29 is 14.6 Å². The summed E-state index contributed by atoms with van der Waals surface area (Å²) in [5.41, 5.74) is 0. The summed E-state index contributed by atoms with van der Waals surface area (Å²) in [6.07, 6.45) is 0. The summed E-state index contributed by atoms with van der Waals surface area (Å²) < 4.78 is 5.44. The lowest BCUT2D eigenvalue weighted by molar-refractivity contribution is 0.156. The van der Waals surface area contributed by atoms with Gasteiger partial charge in [0, 0.05) is 12.1 Å². The molecule has 0 saturated heterocycles. The predicted molar refractivity (Wildman–Crippen MR) is 74.7 cm³/mol. The van der Waals surface area contributed by atoms with E-state index in [1.54, 1.807) is 38.2 Å². The lowest BCUT2D eigenvalue weighted by Gasteiger charge is -2.23. The highest BCUT2D eigenvalue weighted by atomic mass is 35.5. The highest BCUT2D eigenvalue weighted by Gasteiger charge is 2.13. The van der Waals surface area contributed by atoms with Crippen LogP contribution in [0.3, 0.4) is 0 Å². The van der Waals surface area contributed by atoms with Gasteiger partial charge in [0.1, 0.15) is 12.4 Å². The first-order valence-corrected chi connectivity index (χ1v) is 6.42. The molecule has 106 valence electrons. The van der Waals surface area contributed by atoms with Gasteiger partial charge in [-0.05, 0) is 25.1 Å². The second kappa shape index (κ2) is 7.86. The molecule has 0 heterocycles. The Kier molecular flexibility index (Phi) is 6.45. The Morgan fingerprint density at radius 1 is 1.58 bits per heavy atom. The van der Waals surface area contributed by atoms with E-state index in [0.29, 0.717) is 23.9 Å². The number of amides is 2. The van der Waals surface area contributed by atoms with E-state index in [0.717, 1.165) is 0 Å². The summed E-state index contributed by atoms with van der Waals surface area (Å²) >= 11 is 5.82. The van der Waals surface area contributed by atoms with Crippen molar-refractivity contribution in [1.82, 2.24) is 10.2 Å². The first kappa shape index (κ1) is 15.6. The number of hydrogen-bond acceptors (Lipinski definition) is 3. The van der Waals surface area contributed by atoms with Crippen LogP contribution in [0, 0.1) is 0 Å². The van der Waals surface area contributed by atoms with Crippen molar-refractivity contribution in [2.45, 2.75) is 13.0 Å². The van der Waals surface area contributed by atoms with Crippen molar-refractivity contribution in [2.75, 3.05) is 26.8 Å². The second-order valence-corrected chi connectivity index (χ2v) is 4.62. The molecule has 0 bridgehead atoms. The lowest BCUT2D eigenvalue weighted by atomic mass is 10.3. The molecule has 1 rings (SSSR count). The number of nitrogens with zero attached hydrogens (tertiary/aromatic N) is 1. The topological polar surface area (TPSA) is 61.8 Å². The Morgan fingerprint density at radius 2 is 2.32 bits per heavy atom. The van der Waals surface area contributed by atoms with Crippen LogP contribution >= 0.6 is 11.6 Å².